The minimum absolute atomic E-state index is 0.0182. The first kappa shape index (κ1) is 19.6. The van der Waals surface area contributed by atoms with E-state index in [1.54, 1.807) is 0 Å². The Morgan fingerprint density at radius 1 is 0.471 bits per heavy atom. The predicted octanol–water partition coefficient (Wildman–Crippen LogP) is 9.43. The summed E-state index contributed by atoms with van der Waals surface area (Å²) < 4.78 is 0. The van der Waals surface area contributed by atoms with Crippen LogP contribution in [0.1, 0.15) is 30.5 Å². The fourth-order valence-electron chi connectivity index (χ4n) is 6.32. The molecule has 1 aliphatic rings. The Labute approximate surface area is 200 Å². The highest BCUT2D eigenvalue weighted by Gasteiger charge is 2.35. The molecule has 0 unspecified atom stereocenters. The van der Waals surface area contributed by atoms with Crippen LogP contribution >= 0.6 is 0 Å². The average Bonchev–Trinajstić information content (AvgIpc) is 3.10. The molecule has 7 rings (SSSR count). The van der Waals surface area contributed by atoms with Crippen molar-refractivity contribution in [3.63, 3.8) is 0 Å². The first-order chi connectivity index (χ1) is 16.6. The Balaban J connectivity index is 1.70. The van der Waals surface area contributed by atoms with E-state index in [2.05, 4.69) is 124 Å². The van der Waals surface area contributed by atoms with Crippen molar-refractivity contribution in [2.24, 2.45) is 0 Å². The molecule has 0 atom stereocenters. The summed E-state index contributed by atoms with van der Waals surface area (Å²) >= 11 is 0. The van der Waals surface area contributed by atoms with Gasteiger partial charge in [0.2, 0.25) is 0 Å². The SMILES string of the molecule is Cc1c2ccccc2c(-c2cccc3ccccc23)c2cc3c(cc12)-c1ccccc1C3(C)C. The van der Waals surface area contributed by atoms with E-state index in [9.17, 15) is 0 Å². The third kappa shape index (κ3) is 2.49. The van der Waals surface area contributed by atoms with Crippen molar-refractivity contribution < 1.29 is 0 Å². The Hall–Kier alpha value is -3.90. The van der Waals surface area contributed by atoms with E-state index in [4.69, 9.17) is 0 Å². The molecule has 0 N–H and O–H groups in total. The molecule has 0 radical (unpaired) electrons. The topological polar surface area (TPSA) is 0 Å². The first-order valence-corrected chi connectivity index (χ1v) is 12.1. The molecule has 0 amide bonds. The summed E-state index contributed by atoms with van der Waals surface area (Å²) in [7, 11) is 0. The van der Waals surface area contributed by atoms with Crippen LogP contribution in [0.4, 0.5) is 0 Å². The maximum absolute atomic E-state index is 2.50. The molecule has 6 aromatic rings. The first-order valence-electron chi connectivity index (χ1n) is 12.1. The van der Waals surface area contributed by atoms with Crippen molar-refractivity contribution >= 4 is 32.3 Å². The van der Waals surface area contributed by atoms with Gasteiger partial charge in [-0.15, -0.1) is 0 Å². The Morgan fingerprint density at radius 3 is 1.97 bits per heavy atom. The quantitative estimate of drug-likeness (QED) is 0.226. The predicted molar refractivity (Wildman–Crippen MR) is 147 cm³/mol. The van der Waals surface area contributed by atoms with E-state index in [1.165, 1.54) is 71.3 Å². The van der Waals surface area contributed by atoms with E-state index in [-0.39, 0.29) is 5.41 Å². The zero-order chi connectivity index (χ0) is 23.0. The second-order valence-electron chi connectivity index (χ2n) is 10.2. The van der Waals surface area contributed by atoms with Crippen LogP contribution in [-0.4, -0.2) is 0 Å². The lowest BCUT2D eigenvalue weighted by Gasteiger charge is -2.23. The maximum Gasteiger partial charge on any atom is 0.0159 e. The van der Waals surface area contributed by atoms with Crippen molar-refractivity contribution in [3.05, 3.63) is 120 Å². The molecule has 0 saturated carbocycles. The number of rotatable bonds is 1. The standard InChI is InChI=1S/C34H26/c1-21-23-13-6-7-16-26(23)33(27-17-10-12-22-11-4-5-14-24(22)27)30-20-32-29(19-28(21)30)25-15-8-9-18-31(25)34(32,2)3/h4-20H,1-3H3. The van der Waals surface area contributed by atoms with Crippen LogP contribution < -0.4 is 0 Å². The number of hydrogen-bond donors (Lipinski definition) is 0. The van der Waals surface area contributed by atoms with E-state index in [1.807, 2.05) is 0 Å². The highest BCUT2D eigenvalue weighted by molar-refractivity contribution is 6.19. The summed E-state index contributed by atoms with van der Waals surface area (Å²) in [4.78, 5) is 0. The summed E-state index contributed by atoms with van der Waals surface area (Å²) in [6, 6.07) is 38.3. The van der Waals surface area contributed by atoms with Crippen LogP contribution in [0.15, 0.2) is 103 Å². The van der Waals surface area contributed by atoms with Crippen molar-refractivity contribution in [1.29, 1.82) is 0 Å². The van der Waals surface area contributed by atoms with Gasteiger partial charge in [-0.25, -0.2) is 0 Å². The van der Waals surface area contributed by atoms with Crippen LogP contribution in [0.25, 0.3) is 54.6 Å². The molecule has 0 fully saturated rings. The summed E-state index contributed by atoms with van der Waals surface area (Å²) in [5.74, 6) is 0. The molecule has 0 aromatic heterocycles. The van der Waals surface area contributed by atoms with Crippen LogP contribution in [0, 0.1) is 6.92 Å². The van der Waals surface area contributed by atoms with Crippen LogP contribution in [0.5, 0.6) is 0 Å². The van der Waals surface area contributed by atoms with Gasteiger partial charge in [-0.05, 0) is 90.3 Å². The van der Waals surface area contributed by atoms with Gasteiger partial charge in [-0.3, -0.25) is 0 Å². The van der Waals surface area contributed by atoms with Gasteiger partial charge in [-0.1, -0.05) is 105 Å². The molecule has 6 aromatic carbocycles. The maximum atomic E-state index is 2.50. The summed E-state index contributed by atoms with van der Waals surface area (Å²) in [6.45, 7) is 7.03. The van der Waals surface area contributed by atoms with Gasteiger partial charge >= 0.3 is 0 Å². The normalized spacial score (nSPS) is 14.0. The number of benzene rings is 6. The van der Waals surface area contributed by atoms with Gasteiger partial charge in [-0.2, -0.15) is 0 Å². The number of aryl methyl sites for hydroxylation is 1. The van der Waals surface area contributed by atoms with Crippen molar-refractivity contribution in [2.45, 2.75) is 26.2 Å². The smallest absolute Gasteiger partial charge is 0.0159 e. The molecule has 0 heteroatoms. The molecular weight excluding hydrogens is 408 g/mol. The Kier molecular flexibility index (Phi) is 3.92. The lowest BCUT2D eigenvalue weighted by Crippen LogP contribution is -2.14. The van der Waals surface area contributed by atoms with Crippen molar-refractivity contribution in [3.8, 4) is 22.3 Å². The van der Waals surface area contributed by atoms with Gasteiger partial charge < -0.3 is 0 Å². The fraction of sp³-hybridized carbons (Fsp3) is 0.118. The van der Waals surface area contributed by atoms with Gasteiger partial charge in [0.1, 0.15) is 0 Å². The van der Waals surface area contributed by atoms with Crippen LogP contribution in [0.2, 0.25) is 0 Å². The minimum atomic E-state index is -0.0182. The number of fused-ring (bicyclic) bond motifs is 6. The van der Waals surface area contributed by atoms with E-state index in [0.29, 0.717) is 0 Å². The highest BCUT2D eigenvalue weighted by atomic mass is 14.4. The zero-order valence-electron chi connectivity index (χ0n) is 19.8. The lowest BCUT2D eigenvalue weighted by molar-refractivity contribution is 0.661. The van der Waals surface area contributed by atoms with Gasteiger partial charge in [0.15, 0.2) is 0 Å². The molecule has 0 spiro atoms. The van der Waals surface area contributed by atoms with Gasteiger partial charge in [0.25, 0.3) is 0 Å². The largest absolute Gasteiger partial charge is 0.0619 e. The summed E-state index contributed by atoms with van der Waals surface area (Å²) in [6.07, 6.45) is 0. The minimum Gasteiger partial charge on any atom is -0.0619 e. The highest BCUT2D eigenvalue weighted by Crippen LogP contribution is 2.52. The fourth-order valence-corrected chi connectivity index (χ4v) is 6.32. The molecule has 0 saturated heterocycles. The van der Waals surface area contributed by atoms with E-state index < -0.39 is 0 Å². The second kappa shape index (κ2) is 6.81. The summed E-state index contributed by atoms with van der Waals surface area (Å²) in [5, 5.41) is 7.97. The Bertz CT molecular complexity index is 1780. The van der Waals surface area contributed by atoms with Gasteiger partial charge in [0, 0.05) is 5.41 Å². The van der Waals surface area contributed by atoms with Crippen LogP contribution in [0.3, 0.4) is 0 Å². The molecular formula is C34H26. The van der Waals surface area contributed by atoms with E-state index in [0.717, 1.165) is 0 Å². The monoisotopic (exact) mass is 434 g/mol. The summed E-state index contributed by atoms with van der Waals surface area (Å²) in [5.41, 5.74) is 9.62. The van der Waals surface area contributed by atoms with Gasteiger partial charge in [0.05, 0.1) is 0 Å². The van der Waals surface area contributed by atoms with Crippen molar-refractivity contribution in [2.75, 3.05) is 0 Å². The molecule has 162 valence electrons. The molecule has 1 aliphatic carbocycles. The average molecular weight is 435 g/mol. The molecule has 0 bridgehead atoms. The number of hydrogen-bond acceptors (Lipinski definition) is 0. The van der Waals surface area contributed by atoms with Crippen molar-refractivity contribution in [1.82, 2.24) is 0 Å². The third-order valence-corrected chi connectivity index (χ3v) is 8.05. The van der Waals surface area contributed by atoms with E-state index >= 15 is 0 Å². The zero-order valence-corrected chi connectivity index (χ0v) is 19.8. The molecule has 0 aliphatic heterocycles. The third-order valence-electron chi connectivity index (χ3n) is 8.05. The lowest BCUT2D eigenvalue weighted by atomic mass is 9.80. The molecule has 0 heterocycles. The molecule has 0 nitrogen and oxygen atoms in total. The second-order valence-corrected chi connectivity index (χ2v) is 10.2. The Morgan fingerprint density at radius 2 is 1.12 bits per heavy atom. The molecule has 34 heavy (non-hydrogen) atoms. The van der Waals surface area contributed by atoms with Crippen LogP contribution in [-0.2, 0) is 5.41 Å².